The first kappa shape index (κ1) is 11.5. The number of rotatable bonds is 3. The molecule has 86 valence electrons. The van der Waals surface area contributed by atoms with E-state index >= 15 is 0 Å². The fourth-order valence-corrected chi connectivity index (χ4v) is 1.32. The van der Waals surface area contributed by atoms with E-state index in [-0.39, 0.29) is 5.91 Å². The average Bonchev–Trinajstić information content (AvgIpc) is 2.38. The molecule has 5 nitrogen and oxygen atoms in total. The van der Waals surface area contributed by atoms with E-state index < -0.39 is 0 Å². The number of aromatic nitrogens is 3. The third kappa shape index (κ3) is 3.22. The molecule has 0 bridgehead atoms. The molecule has 0 atom stereocenters. The molecule has 0 saturated heterocycles. The van der Waals surface area contributed by atoms with Crippen molar-refractivity contribution >= 4 is 17.5 Å². The van der Waals surface area contributed by atoms with Crippen LogP contribution in [0.25, 0.3) is 0 Å². The van der Waals surface area contributed by atoms with Crippen molar-refractivity contribution in [3.63, 3.8) is 0 Å². The maximum absolute atomic E-state index is 11.7. The van der Waals surface area contributed by atoms with Crippen molar-refractivity contribution in [2.45, 2.75) is 6.54 Å². The van der Waals surface area contributed by atoms with Crippen molar-refractivity contribution in [1.29, 1.82) is 0 Å². The van der Waals surface area contributed by atoms with E-state index in [0.29, 0.717) is 23.0 Å². The molecule has 0 spiro atoms. The average molecular weight is 249 g/mol. The van der Waals surface area contributed by atoms with Gasteiger partial charge in [0.15, 0.2) is 0 Å². The second-order valence-corrected chi connectivity index (χ2v) is 3.65. The van der Waals surface area contributed by atoms with Crippen LogP contribution in [-0.4, -0.2) is 21.1 Å². The summed E-state index contributed by atoms with van der Waals surface area (Å²) >= 11 is 5.63. The molecule has 0 aliphatic heterocycles. The lowest BCUT2D eigenvalue weighted by atomic mass is 10.2. The van der Waals surface area contributed by atoms with E-state index in [2.05, 4.69) is 20.5 Å². The van der Waals surface area contributed by atoms with E-state index in [1.807, 2.05) is 0 Å². The zero-order valence-corrected chi connectivity index (χ0v) is 9.55. The molecular weight excluding hydrogens is 240 g/mol. The van der Waals surface area contributed by atoms with Gasteiger partial charge in [-0.15, -0.1) is 0 Å². The number of amides is 1. The highest BCUT2D eigenvalue weighted by Crippen LogP contribution is 2.05. The van der Waals surface area contributed by atoms with Gasteiger partial charge < -0.3 is 5.32 Å². The number of nitrogens with zero attached hydrogens (tertiary/aromatic N) is 3. The van der Waals surface area contributed by atoms with Gasteiger partial charge in [0.1, 0.15) is 5.15 Å². The zero-order valence-electron chi connectivity index (χ0n) is 8.80. The fourth-order valence-electron chi connectivity index (χ4n) is 1.21. The van der Waals surface area contributed by atoms with Crippen molar-refractivity contribution in [2.24, 2.45) is 0 Å². The Bertz CT molecular complexity index is 501. The molecule has 0 unspecified atom stereocenters. The van der Waals surface area contributed by atoms with Gasteiger partial charge in [-0.2, -0.15) is 10.2 Å². The summed E-state index contributed by atoms with van der Waals surface area (Å²) in [5, 5.41) is 10.6. The molecule has 2 aromatic heterocycles. The van der Waals surface area contributed by atoms with Crippen molar-refractivity contribution in [1.82, 2.24) is 20.5 Å². The lowest BCUT2D eigenvalue weighted by Gasteiger charge is -2.03. The normalized spacial score (nSPS) is 9.94. The SMILES string of the molecule is O=C(NCc1cccnn1)c1ccc(Cl)nc1. The van der Waals surface area contributed by atoms with Gasteiger partial charge in [-0.05, 0) is 24.3 Å². The number of hydrogen-bond donors (Lipinski definition) is 1. The lowest BCUT2D eigenvalue weighted by Crippen LogP contribution is -2.23. The highest BCUT2D eigenvalue weighted by atomic mass is 35.5. The summed E-state index contributed by atoms with van der Waals surface area (Å²) in [6.07, 6.45) is 3.00. The minimum absolute atomic E-state index is 0.222. The molecule has 2 rings (SSSR count). The molecule has 1 amide bonds. The van der Waals surface area contributed by atoms with Crippen LogP contribution in [0.15, 0.2) is 36.7 Å². The molecule has 2 heterocycles. The minimum atomic E-state index is -0.222. The number of halogens is 1. The van der Waals surface area contributed by atoms with Gasteiger partial charge in [0.25, 0.3) is 5.91 Å². The predicted molar refractivity (Wildman–Crippen MR) is 62.4 cm³/mol. The summed E-state index contributed by atoms with van der Waals surface area (Å²) in [6, 6.07) is 6.73. The Kier molecular flexibility index (Phi) is 3.62. The topological polar surface area (TPSA) is 67.8 Å². The largest absolute Gasteiger partial charge is 0.346 e. The molecule has 0 aliphatic rings. The van der Waals surface area contributed by atoms with Crippen LogP contribution in [0.4, 0.5) is 0 Å². The molecule has 0 saturated carbocycles. The fraction of sp³-hybridized carbons (Fsp3) is 0.0909. The standard InChI is InChI=1S/C11H9ClN4O/c12-10-4-3-8(6-13-10)11(17)14-7-9-2-1-5-15-16-9/h1-6H,7H2,(H,14,17). The Hall–Kier alpha value is -2.01. The first-order valence-electron chi connectivity index (χ1n) is 4.92. The van der Waals surface area contributed by atoms with Gasteiger partial charge in [0.2, 0.25) is 0 Å². The summed E-state index contributed by atoms with van der Waals surface area (Å²) < 4.78 is 0. The Labute approximate surface area is 103 Å². The monoisotopic (exact) mass is 248 g/mol. The number of carbonyl (C=O) groups excluding carboxylic acids is 1. The molecule has 0 aliphatic carbocycles. The lowest BCUT2D eigenvalue weighted by molar-refractivity contribution is 0.0950. The third-order valence-electron chi connectivity index (χ3n) is 2.05. The van der Waals surface area contributed by atoms with Crippen LogP contribution in [0.3, 0.4) is 0 Å². The molecule has 17 heavy (non-hydrogen) atoms. The molecular formula is C11H9ClN4O. The van der Waals surface area contributed by atoms with E-state index in [9.17, 15) is 4.79 Å². The van der Waals surface area contributed by atoms with Gasteiger partial charge in [-0.3, -0.25) is 4.79 Å². The highest BCUT2D eigenvalue weighted by Gasteiger charge is 2.05. The Morgan fingerprint density at radius 3 is 2.88 bits per heavy atom. The zero-order chi connectivity index (χ0) is 12.1. The minimum Gasteiger partial charge on any atom is -0.346 e. The Morgan fingerprint density at radius 1 is 1.35 bits per heavy atom. The smallest absolute Gasteiger partial charge is 0.253 e. The maximum Gasteiger partial charge on any atom is 0.253 e. The van der Waals surface area contributed by atoms with Crippen LogP contribution in [0.1, 0.15) is 16.1 Å². The van der Waals surface area contributed by atoms with E-state index in [1.54, 1.807) is 30.5 Å². The van der Waals surface area contributed by atoms with Crippen LogP contribution >= 0.6 is 11.6 Å². The summed E-state index contributed by atoms with van der Waals surface area (Å²) in [5.41, 5.74) is 1.15. The predicted octanol–water partition coefficient (Wildman–Crippen LogP) is 1.46. The molecule has 1 N–H and O–H groups in total. The highest BCUT2D eigenvalue weighted by molar-refractivity contribution is 6.29. The molecule has 6 heteroatoms. The quantitative estimate of drug-likeness (QED) is 0.835. The second-order valence-electron chi connectivity index (χ2n) is 3.27. The van der Waals surface area contributed by atoms with Crippen molar-refractivity contribution < 1.29 is 4.79 Å². The number of hydrogen-bond acceptors (Lipinski definition) is 4. The Balaban J connectivity index is 1.96. The summed E-state index contributed by atoms with van der Waals surface area (Å²) in [5.74, 6) is -0.222. The summed E-state index contributed by atoms with van der Waals surface area (Å²) in [6.45, 7) is 0.329. The van der Waals surface area contributed by atoms with Crippen LogP contribution in [-0.2, 0) is 6.54 Å². The van der Waals surface area contributed by atoms with Gasteiger partial charge >= 0.3 is 0 Å². The van der Waals surface area contributed by atoms with Gasteiger partial charge in [-0.1, -0.05) is 11.6 Å². The number of carbonyl (C=O) groups is 1. The van der Waals surface area contributed by atoms with Crippen LogP contribution in [0, 0.1) is 0 Å². The van der Waals surface area contributed by atoms with E-state index in [4.69, 9.17) is 11.6 Å². The van der Waals surface area contributed by atoms with Crippen molar-refractivity contribution in [2.75, 3.05) is 0 Å². The van der Waals surface area contributed by atoms with Crippen LogP contribution in [0.2, 0.25) is 5.15 Å². The van der Waals surface area contributed by atoms with Crippen LogP contribution < -0.4 is 5.32 Å². The molecule has 0 radical (unpaired) electrons. The first-order chi connectivity index (χ1) is 8.25. The number of nitrogens with one attached hydrogen (secondary N) is 1. The van der Waals surface area contributed by atoms with E-state index in [1.165, 1.54) is 6.20 Å². The summed E-state index contributed by atoms with van der Waals surface area (Å²) in [4.78, 5) is 15.5. The van der Waals surface area contributed by atoms with Gasteiger partial charge in [0, 0.05) is 12.4 Å². The van der Waals surface area contributed by atoms with Crippen molar-refractivity contribution in [3.8, 4) is 0 Å². The maximum atomic E-state index is 11.7. The molecule has 2 aromatic rings. The van der Waals surface area contributed by atoms with Crippen LogP contribution in [0.5, 0.6) is 0 Å². The summed E-state index contributed by atoms with van der Waals surface area (Å²) in [7, 11) is 0. The van der Waals surface area contributed by atoms with Gasteiger partial charge in [-0.25, -0.2) is 4.98 Å². The number of pyridine rings is 1. The van der Waals surface area contributed by atoms with Crippen molar-refractivity contribution in [3.05, 3.63) is 53.1 Å². The molecule has 0 aromatic carbocycles. The second kappa shape index (κ2) is 5.36. The van der Waals surface area contributed by atoms with E-state index in [0.717, 1.165) is 0 Å². The Morgan fingerprint density at radius 2 is 2.24 bits per heavy atom. The molecule has 0 fully saturated rings. The first-order valence-corrected chi connectivity index (χ1v) is 5.30. The third-order valence-corrected chi connectivity index (χ3v) is 2.27. The van der Waals surface area contributed by atoms with Gasteiger partial charge in [0.05, 0.1) is 17.8 Å².